The Morgan fingerprint density at radius 2 is 2.21 bits per heavy atom. The van der Waals surface area contributed by atoms with Crippen LogP contribution in [0.5, 0.6) is 5.75 Å². The van der Waals surface area contributed by atoms with E-state index in [1.54, 1.807) is 7.11 Å². The lowest BCUT2D eigenvalue weighted by molar-refractivity contribution is 0.414. The maximum atomic E-state index is 5.20. The summed E-state index contributed by atoms with van der Waals surface area (Å²) in [6.45, 7) is 3.11. The topological polar surface area (TPSA) is 21.3 Å². The van der Waals surface area contributed by atoms with Gasteiger partial charge in [-0.3, -0.25) is 0 Å². The van der Waals surface area contributed by atoms with E-state index in [9.17, 15) is 0 Å². The van der Waals surface area contributed by atoms with Crippen molar-refractivity contribution in [3.63, 3.8) is 0 Å². The molecule has 76 valence electrons. The number of ether oxygens (including phenoxy) is 1. The second-order valence-corrected chi connectivity index (χ2v) is 3.95. The second kappa shape index (κ2) is 4.01. The molecule has 1 aromatic carbocycles. The molecule has 1 fully saturated rings. The zero-order valence-corrected chi connectivity index (χ0v) is 8.84. The molecule has 1 aliphatic rings. The zero-order valence-electron chi connectivity index (χ0n) is 8.84. The van der Waals surface area contributed by atoms with Crippen LogP contribution in [0.4, 0.5) is 0 Å². The van der Waals surface area contributed by atoms with Crippen LogP contribution in [0.15, 0.2) is 18.2 Å². The highest BCUT2D eigenvalue weighted by Crippen LogP contribution is 2.21. The van der Waals surface area contributed by atoms with Crippen molar-refractivity contribution in [2.45, 2.75) is 32.4 Å². The minimum atomic E-state index is 0.764. The molecule has 2 rings (SSSR count). The number of nitrogens with one attached hydrogen (secondary N) is 1. The first-order valence-electron chi connectivity index (χ1n) is 5.16. The van der Waals surface area contributed by atoms with Crippen LogP contribution in [0, 0.1) is 6.92 Å². The maximum Gasteiger partial charge on any atom is 0.119 e. The van der Waals surface area contributed by atoms with Gasteiger partial charge in [0, 0.05) is 12.6 Å². The molecule has 0 radical (unpaired) electrons. The van der Waals surface area contributed by atoms with Crippen molar-refractivity contribution >= 4 is 0 Å². The average molecular weight is 191 g/mol. The van der Waals surface area contributed by atoms with Crippen molar-refractivity contribution < 1.29 is 4.74 Å². The van der Waals surface area contributed by atoms with E-state index in [1.165, 1.54) is 24.0 Å². The van der Waals surface area contributed by atoms with Gasteiger partial charge in [0.1, 0.15) is 5.75 Å². The highest BCUT2D eigenvalue weighted by atomic mass is 16.5. The van der Waals surface area contributed by atoms with Crippen LogP contribution in [0.3, 0.4) is 0 Å². The van der Waals surface area contributed by atoms with Gasteiger partial charge in [-0.1, -0.05) is 6.07 Å². The molecule has 14 heavy (non-hydrogen) atoms. The fraction of sp³-hybridized carbons (Fsp3) is 0.500. The SMILES string of the molecule is COc1ccc(C)c(CNC2CC2)c1. The molecule has 0 aromatic heterocycles. The minimum Gasteiger partial charge on any atom is -0.497 e. The van der Waals surface area contributed by atoms with Crippen molar-refractivity contribution in [1.29, 1.82) is 0 Å². The molecule has 0 spiro atoms. The zero-order chi connectivity index (χ0) is 9.97. The highest BCUT2D eigenvalue weighted by Gasteiger charge is 2.20. The van der Waals surface area contributed by atoms with Gasteiger partial charge in [0.05, 0.1) is 7.11 Å². The lowest BCUT2D eigenvalue weighted by atomic mass is 10.1. The molecule has 0 atom stereocenters. The molecule has 1 N–H and O–H groups in total. The van der Waals surface area contributed by atoms with Crippen molar-refractivity contribution in [2.75, 3.05) is 7.11 Å². The normalized spacial score (nSPS) is 15.6. The Bertz CT molecular complexity index is 318. The van der Waals surface area contributed by atoms with Gasteiger partial charge < -0.3 is 10.1 Å². The molecular formula is C12H17NO. The first-order valence-corrected chi connectivity index (χ1v) is 5.16. The van der Waals surface area contributed by atoms with Crippen molar-refractivity contribution in [3.05, 3.63) is 29.3 Å². The van der Waals surface area contributed by atoms with Crippen LogP contribution >= 0.6 is 0 Å². The van der Waals surface area contributed by atoms with Crippen molar-refractivity contribution in [3.8, 4) is 5.75 Å². The average Bonchev–Trinajstić information content (AvgIpc) is 3.00. The molecule has 0 saturated heterocycles. The molecule has 0 aliphatic heterocycles. The molecule has 2 heteroatoms. The van der Waals surface area contributed by atoms with Gasteiger partial charge in [-0.25, -0.2) is 0 Å². The van der Waals surface area contributed by atoms with E-state index < -0.39 is 0 Å². The summed E-state index contributed by atoms with van der Waals surface area (Å²) < 4.78 is 5.20. The minimum absolute atomic E-state index is 0.764. The van der Waals surface area contributed by atoms with E-state index >= 15 is 0 Å². The molecule has 1 aliphatic carbocycles. The third-order valence-corrected chi connectivity index (χ3v) is 2.71. The fourth-order valence-electron chi connectivity index (χ4n) is 1.51. The Labute approximate surface area is 85.3 Å². The van der Waals surface area contributed by atoms with E-state index in [2.05, 4.69) is 24.4 Å². The predicted molar refractivity (Wildman–Crippen MR) is 57.6 cm³/mol. The predicted octanol–water partition coefficient (Wildman–Crippen LogP) is 2.26. The Morgan fingerprint density at radius 1 is 1.43 bits per heavy atom. The van der Waals surface area contributed by atoms with E-state index in [-0.39, 0.29) is 0 Å². The molecular weight excluding hydrogens is 174 g/mol. The van der Waals surface area contributed by atoms with Crippen LogP contribution in [-0.2, 0) is 6.54 Å². The third-order valence-electron chi connectivity index (χ3n) is 2.71. The Kier molecular flexibility index (Phi) is 2.73. The van der Waals surface area contributed by atoms with Crippen molar-refractivity contribution in [1.82, 2.24) is 5.32 Å². The summed E-state index contributed by atoms with van der Waals surface area (Å²) >= 11 is 0. The summed E-state index contributed by atoms with van der Waals surface area (Å²) in [5.74, 6) is 0.947. The summed E-state index contributed by atoms with van der Waals surface area (Å²) in [6, 6.07) is 7.00. The van der Waals surface area contributed by atoms with Gasteiger partial charge in [-0.05, 0) is 43.0 Å². The third kappa shape index (κ3) is 2.26. The smallest absolute Gasteiger partial charge is 0.119 e. The number of aryl methyl sites for hydroxylation is 1. The molecule has 0 heterocycles. The summed E-state index contributed by atoms with van der Waals surface area (Å²) in [4.78, 5) is 0. The highest BCUT2D eigenvalue weighted by molar-refractivity contribution is 5.34. The first-order chi connectivity index (χ1) is 6.79. The van der Waals surface area contributed by atoms with Crippen molar-refractivity contribution in [2.24, 2.45) is 0 Å². The Balaban J connectivity index is 2.04. The lowest BCUT2D eigenvalue weighted by Crippen LogP contribution is -2.16. The Hall–Kier alpha value is -1.02. The standard InChI is InChI=1S/C12H17NO/c1-9-3-6-12(14-2)7-10(9)8-13-11-4-5-11/h3,6-7,11,13H,4-5,8H2,1-2H3. The molecule has 2 nitrogen and oxygen atoms in total. The van der Waals surface area contributed by atoms with Crippen LogP contribution in [-0.4, -0.2) is 13.2 Å². The Morgan fingerprint density at radius 3 is 2.86 bits per heavy atom. The van der Waals surface area contributed by atoms with E-state index in [4.69, 9.17) is 4.74 Å². The first kappa shape index (κ1) is 9.53. The maximum absolute atomic E-state index is 5.20. The van der Waals surface area contributed by atoms with Crippen LogP contribution in [0.25, 0.3) is 0 Å². The quantitative estimate of drug-likeness (QED) is 0.788. The molecule has 0 unspecified atom stereocenters. The summed E-state index contributed by atoms with van der Waals surface area (Å²) in [7, 11) is 1.71. The van der Waals surface area contributed by atoms with Gasteiger partial charge in [0.2, 0.25) is 0 Å². The number of methoxy groups -OCH3 is 1. The van der Waals surface area contributed by atoms with Crippen LogP contribution < -0.4 is 10.1 Å². The van der Waals surface area contributed by atoms with E-state index in [0.717, 1.165) is 18.3 Å². The summed E-state index contributed by atoms with van der Waals surface area (Å²) in [5, 5.41) is 3.51. The number of hydrogen-bond acceptors (Lipinski definition) is 2. The summed E-state index contributed by atoms with van der Waals surface area (Å²) in [6.07, 6.45) is 2.67. The number of hydrogen-bond donors (Lipinski definition) is 1. The van der Waals surface area contributed by atoms with Gasteiger partial charge in [-0.2, -0.15) is 0 Å². The van der Waals surface area contributed by atoms with Crippen LogP contribution in [0.1, 0.15) is 24.0 Å². The van der Waals surface area contributed by atoms with E-state index in [0.29, 0.717) is 0 Å². The lowest BCUT2D eigenvalue weighted by Gasteiger charge is -2.08. The molecule has 0 amide bonds. The second-order valence-electron chi connectivity index (χ2n) is 3.95. The number of benzene rings is 1. The number of rotatable bonds is 4. The van der Waals surface area contributed by atoms with Gasteiger partial charge >= 0.3 is 0 Å². The molecule has 0 bridgehead atoms. The molecule has 1 saturated carbocycles. The van der Waals surface area contributed by atoms with Gasteiger partial charge in [0.25, 0.3) is 0 Å². The van der Waals surface area contributed by atoms with E-state index in [1.807, 2.05) is 6.07 Å². The van der Waals surface area contributed by atoms with Gasteiger partial charge in [-0.15, -0.1) is 0 Å². The largest absolute Gasteiger partial charge is 0.497 e. The summed E-state index contributed by atoms with van der Waals surface area (Å²) in [5.41, 5.74) is 2.68. The van der Waals surface area contributed by atoms with Crippen LogP contribution in [0.2, 0.25) is 0 Å². The van der Waals surface area contributed by atoms with Gasteiger partial charge in [0.15, 0.2) is 0 Å². The molecule has 1 aromatic rings. The monoisotopic (exact) mass is 191 g/mol. The fourth-order valence-corrected chi connectivity index (χ4v) is 1.51.